The molecule has 0 rings (SSSR count). The number of hydrogen-bond donors (Lipinski definition) is 0. The first-order valence-corrected chi connectivity index (χ1v) is 1.98. The fraction of sp³-hybridized carbons (Fsp3) is 0.250. The molecule has 5 heteroatoms. The Balaban J connectivity index is 0. The molecular formula is C4H6NNaO3. The molecule has 4 nitrogen and oxygen atoms in total. The van der Waals surface area contributed by atoms with Gasteiger partial charge in [0.05, 0.1) is 4.92 Å². The van der Waals surface area contributed by atoms with Crippen molar-refractivity contribution in [2.24, 2.45) is 0 Å². The maximum absolute atomic E-state index is 9.67. The molecule has 0 fully saturated rings. The van der Waals surface area contributed by atoms with Gasteiger partial charge in [-0.2, -0.15) is 0 Å². The Morgan fingerprint density at radius 1 is 1.67 bits per heavy atom. The summed E-state index contributed by atoms with van der Waals surface area (Å²) in [6.07, 6.45) is 1.35. The molecule has 0 aliphatic rings. The topological polar surface area (TPSA) is 60.2 Å². The van der Waals surface area contributed by atoms with Gasteiger partial charge in [0.2, 0.25) is 6.29 Å². The van der Waals surface area contributed by atoms with E-state index in [4.69, 9.17) is 0 Å². The molecule has 9 heavy (non-hydrogen) atoms. The summed E-state index contributed by atoms with van der Waals surface area (Å²) >= 11 is 0. The summed E-state index contributed by atoms with van der Waals surface area (Å²) in [5.74, 6) is 0. The molecule has 0 unspecified atom stereocenters. The van der Waals surface area contributed by atoms with Gasteiger partial charge in [-0.1, -0.05) is 0 Å². The molecule has 0 aliphatic carbocycles. The van der Waals surface area contributed by atoms with Crippen LogP contribution in [0.25, 0.3) is 0 Å². The van der Waals surface area contributed by atoms with Gasteiger partial charge < -0.3 is 0 Å². The minimum absolute atomic E-state index is 0. The van der Waals surface area contributed by atoms with Crippen molar-refractivity contribution in [3.05, 3.63) is 21.9 Å². The van der Waals surface area contributed by atoms with Crippen molar-refractivity contribution in [1.82, 2.24) is 0 Å². The first kappa shape index (κ1) is 11.6. The zero-order chi connectivity index (χ0) is 6.57. The van der Waals surface area contributed by atoms with E-state index >= 15 is 0 Å². The van der Waals surface area contributed by atoms with Gasteiger partial charge in [0.1, 0.15) is 0 Å². The molecule has 0 aromatic rings. The summed E-state index contributed by atoms with van der Waals surface area (Å²) in [5, 5.41) is 9.67. The van der Waals surface area contributed by atoms with E-state index < -0.39 is 10.6 Å². The van der Waals surface area contributed by atoms with Gasteiger partial charge in [-0.25, -0.2) is 0 Å². The molecule has 0 saturated heterocycles. The van der Waals surface area contributed by atoms with Crippen LogP contribution >= 0.6 is 0 Å². The second-order valence-corrected chi connectivity index (χ2v) is 1.09. The number of carbonyl (C=O) groups excluding carboxylic acids is 1. The molecule has 0 radical (unpaired) electrons. The second kappa shape index (κ2) is 5.94. The normalized spacial score (nSPS) is 9.67. The van der Waals surface area contributed by atoms with Crippen molar-refractivity contribution >= 4 is 35.8 Å². The summed E-state index contributed by atoms with van der Waals surface area (Å²) < 4.78 is 0. The molecule has 0 heterocycles. The van der Waals surface area contributed by atoms with Gasteiger partial charge in [-0.05, 0) is 13.0 Å². The second-order valence-electron chi connectivity index (χ2n) is 1.09. The summed E-state index contributed by atoms with van der Waals surface area (Å²) in [4.78, 5) is 18.6. The third-order valence-electron chi connectivity index (χ3n) is 0.627. The van der Waals surface area contributed by atoms with E-state index in [1.54, 1.807) is 0 Å². The molecule has 0 amide bonds. The molecule has 0 saturated carbocycles. The van der Waals surface area contributed by atoms with Crippen LogP contribution in [0.4, 0.5) is 0 Å². The first-order valence-electron chi connectivity index (χ1n) is 1.98. The van der Waals surface area contributed by atoms with E-state index in [0.29, 0.717) is 0 Å². The molecule has 0 aromatic carbocycles. The van der Waals surface area contributed by atoms with Crippen LogP contribution in [0.1, 0.15) is 6.92 Å². The SMILES string of the molecule is C/C=C(/C=O)[N+](=O)[O-].[NaH]. The van der Waals surface area contributed by atoms with Crippen LogP contribution in [-0.4, -0.2) is 40.8 Å². The molecule has 0 aliphatic heterocycles. The number of nitrogens with zero attached hydrogens (tertiary/aromatic N) is 1. The molecule has 0 atom stereocenters. The van der Waals surface area contributed by atoms with Gasteiger partial charge in [-0.3, -0.25) is 14.9 Å². The van der Waals surface area contributed by atoms with Crippen LogP contribution in [0, 0.1) is 10.1 Å². The van der Waals surface area contributed by atoms with Gasteiger partial charge in [0.25, 0.3) is 0 Å². The van der Waals surface area contributed by atoms with Gasteiger partial charge >= 0.3 is 35.3 Å². The number of rotatable bonds is 2. The van der Waals surface area contributed by atoms with Crippen molar-refractivity contribution < 1.29 is 9.72 Å². The molecule has 0 spiro atoms. The van der Waals surface area contributed by atoms with E-state index in [1.165, 1.54) is 6.92 Å². The van der Waals surface area contributed by atoms with Crippen LogP contribution < -0.4 is 0 Å². The summed E-state index contributed by atoms with van der Waals surface area (Å²) in [7, 11) is 0. The van der Waals surface area contributed by atoms with Crippen LogP contribution in [0.5, 0.6) is 0 Å². The quantitative estimate of drug-likeness (QED) is 0.174. The summed E-state index contributed by atoms with van der Waals surface area (Å²) in [6.45, 7) is 1.44. The molecule has 46 valence electrons. The van der Waals surface area contributed by atoms with Crippen LogP contribution in [0.3, 0.4) is 0 Å². The Morgan fingerprint density at radius 3 is 2.11 bits per heavy atom. The van der Waals surface area contributed by atoms with Crippen LogP contribution in [0.2, 0.25) is 0 Å². The number of carbonyl (C=O) groups is 1. The third kappa shape index (κ3) is 4.32. The van der Waals surface area contributed by atoms with E-state index in [2.05, 4.69) is 0 Å². The van der Waals surface area contributed by atoms with Gasteiger partial charge in [-0.15, -0.1) is 0 Å². The standard InChI is InChI=1S/C4H5NO3.Na.H/c1-2-4(3-6)5(7)8;;/h2-3H,1H3;;/b4-2-;;. The molecule has 0 aromatic heterocycles. The van der Waals surface area contributed by atoms with Gasteiger partial charge in [0.15, 0.2) is 0 Å². The average molecular weight is 139 g/mol. The van der Waals surface area contributed by atoms with Crippen molar-refractivity contribution in [3.8, 4) is 0 Å². The fourth-order valence-corrected chi connectivity index (χ4v) is 0.216. The third-order valence-corrected chi connectivity index (χ3v) is 0.627. The molecular weight excluding hydrogens is 133 g/mol. The van der Waals surface area contributed by atoms with Gasteiger partial charge in [0, 0.05) is 0 Å². The predicted octanol–water partition coefficient (Wildman–Crippen LogP) is -0.283. The summed E-state index contributed by atoms with van der Waals surface area (Å²) in [5.41, 5.74) is -0.398. The molecule has 0 bridgehead atoms. The van der Waals surface area contributed by atoms with Crippen molar-refractivity contribution in [2.75, 3.05) is 0 Å². The number of hydrogen-bond acceptors (Lipinski definition) is 3. The Labute approximate surface area is 74.4 Å². The van der Waals surface area contributed by atoms with E-state index in [-0.39, 0.29) is 35.8 Å². The first-order chi connectivity index (χ1) is 3.72. The monoisotopic (exact) mass is 139 g/mol. The molecule has 0 N–H and O–H groups in total. The predicted molar refractivity (Wildman–Crippen MR) is 34.0 cm³/mol. The van der Waals surface area contributed by atoms with Crippen molar-refractivity contribution in [1.29, 1.82) is 0 Å². The van der Waals surface area contributed by atoms with E-state index in [9.17, 15) is 14.9 Å². The van der Waals surface area contributed by atoms with E-state index in [1.807, 2.05) is 0 Å². The summed E-state index contributed by atoms with van der Waals surface area (Å²) in [6, 6.07) is 0. The van der Waals surface area contributed by atoms with Crippen molar-refractivity contribution in [2.45, 2.75) is 6.92 Å². The number of allylic oxidation sites excluding steroid dienone is 2. The van der Waals surface area contributed by atoms with Crippen molar-refractivity contribution in [3.63, 3.8) is 0 Å². The Hall–Kier alpha value is -0.190. The average Bonchev–Trinajstić information content (AvgIpc) is 1.69. The zero-order valence-electron chi connectivity index (χ0n) is 4.33. The Morgan fingerprint density at radius 2 is 2.11 bits per heavy atom. The van der Waals surface area contributed by atoms with Crippen LogP contribution in [-0.2, 0) is 4.79 Å². The minimum atomic E-state index is -0.729. The zero-order valence-corrected chi connectivity index (χ0v) is 4.33. The maximum atomic E-state index is 9.67. The Bertz CT molecular complexity index is 143. The van der Waals surface area contributed by atoms with Crippen LogP contribution in [0.15, 0.2) is 11.8 Å². The van der Waals surface area contributed by atoms with E-state index in [0.717, 1.165) is 6.08 Å². The Kier molecular flexibility index (Phi) is 7.65. The number of nitro groups is 1. The fourth-order valence-electron chi connectivity index (χ4n) is 0.216. The number of aldehydes is 1.